The molecule has 6 nitrogen and oxygen atoms in total. The molecule has 6 heteroatoms. The zero-order valence-corrected chi connectivity index (χ0v) is 15.6. The van der Waals surface area contributed by atoms with E-state index in [4.69, 9.17) is 10.00 Å². The number of hydrogen-bond donors (Lipinski definition) is 2. The fourth-order valence-corrected chi connectivity index (χ4v) is 2.16. The van der Waals surface area contributed by atoms with Crippen LogP contribution in [0.3, 0.4) is 0 Å². The number of alkyl carbamates (subject to hydrolysis) is 1. The number of hydrogen-bond acceptors (Lipinski definition) is 4. The first-order chi connectivity index (χ1) is 11.6. The molecule has 0 saturated heterocycles. The second kappa shape index (κ2) is 9.07. The molecule has 0 fully saturated rings. The van der Waals surface area contributed by atoms with Crippen molar-refractivity contribution in [2.45, 2.75) is 59.2 Å². The van der Waals surface area contributed by atoms with E-state index >= 15 is 0 Å². The highest BCUT2D eigenvalue weighted by Gasteiger charge is 2.24. The molecule has 2 N–H and O–H groups in total. The summed E-state index contributed by atoms with van der Waals surface area (Å²) in [5.74, 6) is -0.0236. The van der Waals surface area contributed by atoms with Crippen LogP contribution in [-0.2, 0) is 16.1 Å². The van der Waals surface area contributed by atoms with Gasteiger partial charge in [0.15, 0.2) is 0 Å². The molecule has 1 aromatic rings. The highest BCUT2D eigenvalue weighted by Crippen LogP contribution is 2.10. The Morgan fingerprint density at radius 2 is 1.80 bits per heavy atom. The molecule has 1 atom stereocenters. The van der Waals surface area contributed by atoms with Gasteiger partial charge in [0.05, 0.1) is 11.6 Å². The lowest BCUT2D eigenvalue weighted by atomic mass is 10.0. The van der Waals surface area contributed by atoms with Gasteiger partial charge < -0.3 is 15.4 Å². The van der Waals surface area contributed by atoms with E-state index < -0.39 is 17.7 Å². The van der Waals surface area contributed by atoms with Gasteiger partial charge >= 0.3 is 6.09 Å². The van der Waals surface area contributed by atoms with Crippen molar-refractivity contribution in [1.82, 2.24) is 10.6 Å². The average Bonchev–Trinajstić information content (AvgIpc) is 2.50. The molecule has 0 heterocycles. The Balaban J connectivity index is 2.66. The van der Waals surface area contributed by atoms with Gasteiger partial charge in [-0.1, -0.05) is 26.0 Å². The summed E-state index contributed by atoms with van der Waals surface area (Å²) in [4.78, 5) is 24.4. The molecule has 1 rings (SSSR count). The first-order valence-electron chi connectivity index (χ1n) is 8.37. The van der Waals surface area contributed by atoms with Crippen LogP contribution in [0.2, 0.25) is 0 Å². The van der Waals surface area contributed by atoms with E-state index in [1.165, 1.54) is 0 Å². The smallest absolute Gasteiger partial charge is 0.408 e. The number of amides is 2. The maximum atomic E-state index is 12.4. The molecule has 1 aromatic carbocycles. The van der Waals surface area contributed by atoms with Gasteiger partial charge in [0.1, 0.15) is 11.6 Å². The Hall–Kier alpha value is -2.55. The third-order valence-corrected chi connectivity index (χ3v) is 3.26. The Kier molecular flexibility index (Phi) is 7.43. The summed E-state index contributed by atoms with van der Waals surface area (Å²) in [5, 5.41) is 14.3. The summed E-state index contributed by atoms with van der Waals surface area (Å²) in [6, 6.07) is 8.37. The molecule has 0 aliphatic rings. The number of nitriles is 1. The maximum absolute atomic E-state index is 12.4. The van der Waals surface area contributed by atoms with Gasteiger partial charge in [-0.25, -0.2) is 4.79 Å². The molecule has 0 bridgehead atoms. The van der Waals surface area contributed by atoms with Crippen LogP contribution in [-0.4, -0.2) is 23.6 Å². The van der Waals surface area contributed by atoms with Crippen LogP contribution >= 0.6 is 0 Å². The first-order valence-corrected chi connectivity index (χ1v) is 8.37. The van der Waals surface area contributed by atoms with Gasteiger partial charge in [0.2, 0.25) is 5.91 Å². The third-order valence-electron chi connectivity index (χ3n) is 3.26. The van der Waals surface area contributed by atoms with Crippen molar-refractivity contribution in [3.8, 4) is 6.07 Å². The van der Waals surface area contributed by atoms with E-state index in [1.807, 2.05) is 13.8 Å². The molecular weight excluding hydrogens is 318 g/mol. The number of nitrogens with zero attached hydrogens (tertiary/aromatic N) is 1. The topological polar surface area (TPSA) is 91.2 Å². The van der Waals surface area contributed by atoms with Gasteiger partial charge in [-0.3, -0.25) is 4.79 Å². The summed E-state index contributed by atoms with van der Waals surface area (Å²) in [5.41, 5.74) is 0.832. The lowest BCUT2D eigenvalue weighted by Crippen LogP contribution is -2.48. The monoisotopic (exact) mass is 345 g/mol. The highest BCUT2D eigenvalue weighted by molar-refractivity contribution is 5.85. The van der Waals surface area contributed by atoms with Crippen molar-refractivity contribution in [2.75, 3.05) is 0 Å². The Bertz CT molecular complexity index is 625. The second-order valence-electron chi connectivity index (χ2n) is 7.35. The van der Waals surface area contributed by atoms with E-state index in [0.717, 1.165) is 5.56 Å². The van der Waals surface area contributed by atoms with E-state index in [2.05, 4.69) is 16.7 Å². The van der Waals surface area contributed by atoms with Crippen LogP contribution in [0.15, 0.2) is 24.3 Å². The lowest BCUT2D eigenvalue weighted by Gasteiger charge is -2.24. The van der Waals surface area contributed by atoms with Crippen LogP contribution in [0.1, 0.15) is 52.2 Å². The zero-order valence-electron chi connectivity index (χ0n) is 15.6. The molecule has 25 heavy (non-hydrogen) atoms. The predicted octanol–water partition coefficient (Wildman–Crippen LogP) is 3.11. The largest absolute Gasteiger partial charge is 0.444 e. The molecule has 0 aromatic heterocycles. The zero-order chi connectivity index (χ0) is 19.0. The molecule has 0 saturated carbocycles. The van der Waals surface area contributed by atoms with Crippen molar-refractivity contribution >= 4 is 12.0 Å². The van der Waals surface area contributed by atoms with E-state index in [0.29, 0.717) is 18.5 Å². The summed E-state index contributed by atoms with van der Waals surface area (Å²) in [6.45, 7) is 9.61. The SMILES string of the molecule is CC(C)C[C@H](NC(=O)OC(C)(C)C)C(=O)NCc1ccc(C#N)cc1. The van der Waals surface area contributed by atoms with E-state index in [1.54, 1.807) is 45.0 Å². The average molecular weight is 345 g/mol. The normalized spacial score (nSPS) is 12.2. The Labute approximate surface area is 149 Å². The van der Waals surface area contributed by atoms with Crippen molar-refractivity contribution in [3.63, 3.8) is 0 Å². The molecule has 0 spiro atoms. The first kappa shape index (κ1) is 20.5. The van der Waals surface area contributed by atoms with Gasteiger partial charge in [-0.15, -0.1) is 0 Å². The number of carbonyl (C=O) groups is 2. The van der Waals surface area contributed by atoms with Crippen molar-refractivity contribution < 1.29 is 14.3 Å². The van der Waals surface area contributed by atoms with Crippen molar-refractivity contribution in [1.29, 1.82) is 5.26 Å². The minimum absolute atomic E-state index is 0.237. The van der Waals surface area contributed by atoms with Crippen LogP contribution in [0.5, 0.6) is 0 Å². The van der Waals surface area contributed by atoms with E-state index in [9.17, 15) is 9.59 Å². The summed E-state index contributed by atoms with van der Waals surface area (Å²) < 4.78 is 5.23. The van der Waals surface area contributed by atoms with Crippen LogP contribution in [0.4, 0.5) is 4.79 Å². The van der Waals surface area contributed by atoms with Crippen LogP contribution < -0.4 is 10.6 Å². The molecule has 136 valence electrons. The fraction of sp³-hybridized carbons (Fsp3) is 0.526. The number of ether oxygens (including phenoxy) is 1. The summed E-state index contributed by atoms with van der Waals surface area (Å²) in [6.07, 6.45) is -0.0926. The number of benzene rings is 1. The minimum Gasteiger partial charge on any atom is -0.444 e. The molecule has 0 aliphatic heterocycles. The van der Waals surface area contributed by atoms with E-state index in [-0.39, 0.29) is 11.8 Å². The minimum atomic E-state index is -0.659. The summed E-state index contributed by atoms with van der Waals surface area (Å²) in [7, 11) is 0. The number of nitrogens with one attached hydrogen (secondary N) is 2. The second-order valence-corrected chi connectivity index (χ2v) is 7.35. The number of rotatable bonds is 6. The highest BCUT2D eigenvalue weighted by atomic mass is 16.6. The van der Waals surface area contributed by atoms with Gasteiger partial charge in [-0.05, 0) is 50.8 Å². The molecule has 0 radical (unpaired) electrons. The third kappa shape index (κ3) is 8.20. The quantitative estimate of drug-likeness (QED) is 0.829. The molecule has 0 aliphatic carbocycles. The lowest BCUT2D eigenvalue weighted by molar-refractivity contribution is -0.123. The van der Waals surface area contributed by atoms with Crippen molar-refractivity contribution in [3.05, 3.63) is 35.4 Å². The van der Waals surface area contributed by atoms with Gasteiger partial charge in [-0.2, -0.15) is 5.26 Å². The summed E-state index contributed by atoms with van der Waals surface area (Å²) >= 11 is 0. The predicted molar refractivity (Wildman–Crippen MR) is 95.6 cm³/mol. The Morgan fingerprint density at radius 1 is 1.20 bits per heavy atom. The molecule has 2 amide bonds. The molecule has 0 unspecified atom stereocenters. The Morgan fingerprint density at radius 3 is 2.28 bits per heavy atom. The van der Waals surface area contributed by atoms with Crippen LogP contribution in [0.25, 0.3) is 0 Å². The molecular formula is C19H27N3O3. The van der Waals surface area contributed by atoms with Crippen molar-refractivity contribution in [2.24, 2.45) is 5.92 Å². The fourth-order valence-electron chi connectivity index (χ4n) is 2.16. The van der Waals surface area contributed by atoms with Crippen LogP contribution in [0, 0.1) is 17.2 Å². The maximum Gasteiger partial charge on any atom is 0.408 e. The standard InChI is InChI=1S/C19H27N3O3/c1-13(2)10-16(22-18(24)25-19(3,4)5)17(23)21-12-15-8-6-14(11-20)7-9-15/h6-9,13,16H,10,12H2,1-5H3,(H,21,23)(H,22,24)/t16-/m0/s1. The van der Waals surface area contributed by atoms with Gasteiger partial charge in [0, 0.05) is 6.54 Å². The number of carbonyl (C=O) groups excluding carboxylic acids is 2. The van der Waals surface area contributed by atoms with Gasteiger partial charge in [0.25, 0.3) is 0 Å².